The van der Waals surface area contributed by atoms with Gasteiger partial charge in [-0.1, -0.05) is 17.4 Å². The molecule has 8 nitrogen and oxygen atoms in total. The van der Waals surface area contributed by atoms with E-state index in [2.05, 4.69) is 4.99 Å². The molecule has 0 fully saturated rings. The number of allylic oxidation sites excluding steroid dienone is 1. The van der Waals surface area contributed by atoms with Gasteiger partial charge in [-0.25, -0.2) is 9.79 Å². The van der Waals surface area contributed by atoms with Crippen molar-refractivity contribution >= 4 is 23.4 Å². The van der Waals surface area contributed by atoms with Gasteiger partial charge in [0.25, 0.3) is 5.56 Å². The Morgan fingerprint density at radius 3 is 2.61 bits per heavy atom. The van der Waals surface area contributed by atoms with Crippen molar-refractivity contribution in [2.75, 3.05) is 21.3 Å². The first-order chi connectivity index (χ1) is 15.0. The second kappa shape index (κ2) is 8.27. The van der Waals surface area contributed by atoms with Gasteiger partial charge in [-0.3, -0.25) is 9.36 Å². The average molecular weight is 440 g/mol. The van der Waals surface area contributed by atoms with Crippen LogP contribution in [0.3, 0.4) is 0 Å². The number of ether oxygens (including phenoxy) is 3. The standard InChI is InChI=1S/C22H20N2O6S/c1-12-18(21(26)29-4)19(13-7-8-15(27-2)16(10-13)28-3)24-20(25)17(31-22(24)23-12)11-14-6-5-9-30-14/h5-11,19H,1-4H3/b17-11-/t19-/m1/s1. The molecule has 0 saturated heterocycles. The highest BCUT2D eigenvalue weighted by molar-refractivity contribution is 7.07. The molecule has 0 aliphatic carbocycles. The van der Waals surface area contributed by atoms with Crippen molar-refractivity contribution in [1.82, 2.24) is 4.57 Å². The van der Waals surface area contributed by atoms with Gasteiger partial charge in [0.2, 0.25) is 0 Å². The molecule has 0 bridgehead atoms. The summed E-state index contributed by atoms with van der Waals surface area (Å²) in [4.78, 5) is 31.1. The van der Waals surface area contributed by atoms with Crippen LogP contribution >= 0.6 is 11.3 Å². The third kappa shape index (κ3) is 3.57. The Kier molecular flexibility index (Phi) is 5.51. The van der Waals surface area contributed by atoms with Gasteiger partial charge in [-0.2, -0.15) is 0 Å². The number of hydrogen-bond donors (Lipinski definition) is 0. The van der Waals surface area contributed by atoms with Crippen molar-refractivity contribution in [3.8, 4) is 11.5 Å². The Morgan fingerprint density at radius 1 is 1.19 bits per heavy atom. The number of carbonyl (C=O) groups excluding carboxylic acids is 1. The molecule has 1 atom stereocenters. The molecular weight excluding hydrogens is 420 g/mol. The molecule has 0 saturated carbocycles. The molecule has 3 aromatic rings. The normalized spacial score (nSPS) is 16.0. The Balaban J connectivity index is 1.99. The molecule has 1 aliphatic rings. The smallest absolute Gasteiger partial charge is 0.338 e. The van der Waals surface area contributed by atoms with E-state index < -0.39 is 12.0 Å². The number of fused-ring (bicyclic) bond motifs is 1. The summed E-state index contributed by atoms with van der Waals surface area (Å²) in [6.45, 7) is 1.73. The van der Waals surface area contributed by atoms with Crippen molar-refractivity contribution in [1.29, 1.82) is 0 Å². The number of esters is 1. The summed E-state index contributed by atoms with van der Waals surface area (Å²) in [5.74, 6) is 1.02. The number of carbonyl (C=O) groups is 1. The van der Waals surface area contributed by atoms with Crippen LogP contribution in [0.25, 0.3) is 6.08 Å². The van der Waals surface area contributed by atoms with Gasteiger partial charge in [0, 0.05) is 6.08 Å². The molecule has 160 valence electrons. The van der Waals surface area contributed by atoms with E-state index in [-0.39, 0.29) is 11.1 Å². The fraction of sp³-hybridized carbons (Fsp3) is 0.227. The maximum Gasteiger partial charge on any atom is 0.338 e. The fourth-order valence-corrected chi connectivity index (χ4v) is 4.56. The minimum Gasteiger partial charge on any atom is -0.493 e. The maximum atomic E-state index is 13.4. The van der Waals surface area contributed by atoms with Crippen LogP contribution in [0.15, 0.2) is 62.1 Å². The molecule has 0 unspecified atom stereocenters. The molecule has 0 amide bonds. The molecule has 0 radical (unpaired) electrons. The molecule has 9 heteroatoms. The van der Waals surface area contributed by atoms with E-state index in [1.54, 1.807) is 50.4 Å². The first-order valence-corrected chi connectivity index (χ1v) is 10.2. The summed E-state index contributed by atoms with van der Waals surface area (Å²) in [5, 5.41) is 0. The zero-order valence-electron chi connectivity index (χ0n) is 17.4. The van der Waals surface area contributed by atoms with Crippen LogP contribution < -0.4 is 24.4 Å². The topological polar surface area (TPSA) is 92.3 Å². The van der Waals surface area contributed by atoms with Crippen molar-refractivity contribution in [3.05, 3.63) is 78.9 Å². The number of benzene rings is 1. The number of aromatic nitrogens is 1. The molecule has 0 spiro atoms. The number of methoxy groups -OCH3 is 3. The van der Waals surface area contributed by atoms with Gasteiger partial charge in [0.15, 0.2) is 16.3 Å². The third-order valence-electron chi connectivity index (χ3n) is 4.97. The summed E-state index contributed by atoms with van der Waals surface area (Å²) in [6.07, 6.45) is 3.20. The van der Waals surface area contributed by atoms with E-state index in [0.717, 1.165) is 0 Å². The minimum atomic E-state index is -0.734. The van der Waals surface area contributed by atoms with Crippen LogP contribution in [0.4, 0.5) is 0 Å². The van der Waals surface area contributed by atoms with Crippen molar-refractivity contribution in [3.63, 3.8) is 0 Å². The van der Waals surface area contributed by atoms with Crippen molar-refractivity contribution in [2.45, 2.75) is 13.0 Å². The SMILES string of the molecule is COC(=O)C1=C(C)N=c2s/c(=C\c3ccco3)c(=O)n2[C@@H]1c1ccc(OC)c(OC)c1. The minimum absolute atomic E-state index is 0.283. The van der Waals surface area contributed by atoms with E-state index >= 15 is 0 Å². The summed E-state index contributed by atoms with van der Waals surface area (Å²) in [7, 11) is 4.37. The van der Waals surface area contributed by atoms with Crippen LogP contribution in [-0.2, 0) is 9.53 Å². The van der Waals surface area contributed by atoms with Crippen LogP contribution in [-0.4, -0.2) is 31.9 Å². The van der Waals surface area contributed by atoms with E-state index in [0.29, 0.717) is 37.9 Å². The first kappa shape index (κ1) is 20.7. The van der Waals surface area contributed by atoms with Crippen molar-refractivity contribution in [2.24, 2.45) is 4.99 Å². The molecular formula is C22H20N2O6S. The number of rotatable bonds is 5. The Morgan fingerprint density at radius 2 is 1.97 bits per heavy atom. The largest absolute Gasteiger partial charge is 0.493 e. The summed E-state index contributed by atoms with van der Waals surface area (Å²) in [6, 6.07) is 8.04. The van der Waals surface area contributed by atoms with E-state index in [4.69, 9.17) is 18.6 Å². The quantitative estimate of drug-likeness (QED) is 0.564. The maximum absolute atomic E-state index is 13.4. The number of nitrogens with zero attached hydrogens (tertiary/aromatic N) is 2. The molecule has 0 N–H and O–H groups in total. The van der Waals surface area contributed by atoms with E-state index in [9.17, 15) is 9.59 Å². The first-order valence-electron chi connectivity index (χ1n) is 9.34. The Labute approximate surface area is 181 Å². The van der Waals surface area contributed by atoms with Gasteiger partial charge >= 0.3 is 5.97 Å². The van der Waals surface area contributed by atoms with E-state index in [1.165, 1.54) is 36.4 Å². The highest BCUT2D eigenvalue weighted by atomic mass is 32.1. The van der Waals surface area contributed by atoms with Crippen LogP contribution in [0.1, 0.15) is 24.3 Å². The lowest BCUT2D eigenvalue weighted by Gasteiger charge is -2.25. The summed E-state index contributed by atoms with van der Waals surface area (Å²) >= 11 is 1.23. The highest BCUT2D eigenvalue weighted by Gasteiger charge is 2.33. The predicted molar refractivity (Wildman–Crippen MR) is 114 cm³/mol. The second-order valence-electron chi connectivity index (χ2n) is 6.70. The fourth-order valence-electron chi connectivity index (χ4n) is 3.53. The Bertz CT molecular complexity index is 1350. The van der Waals surface area contributed by atoms with Crippen LogP contribution in [0.5, 0.6) is 11.5 Å². The van der Waals surface area contributed by atoms with E-state index in [1.807, 2.05) is 0 Å². The summed E-state index contributed by atoms with van der Waals surface area (Å²) in [5.41, 5.74) is 1.15. The lowest BCUT2D eigenvalue weighted by molar-refractivity contribution is -0.136. The van der Waals surface area contributed by atoms with Gasteiger partial charge in [0.1, 0.15) is 5.76 Å². The number of thiazole rings is 1. The van der Waals surface area contributed by atoms with Gasteiger partial charge in [-0.15, -0.1) is 0 Å². The predicted octanol–water partition coefficient (Wildman–Crippen LogP) is 2.02. The molecule has 1 aliphatic heterocycles. The average Bonchev–Trinajstić information content (AvgIpc) is 3.40. The number of furan rings is 1. The highest BCUT2D eigenvalue weighted by Crippen LogP contribution is 2.35. The molecule has 3 heterocycles. The third-order valence-corrected chi connectivity index (χ3v) is 5.95. The van der Waals surface area contributed by atoms with Crippen molar-refractivity contribution < 1.29 is 23.4 Å². The molecule has 2 aromatic heterocycles. The van der Waals surface area contributed by atoms with Crippen LogP contribution in [0, 0.1) is 0 Å². The molecule has 31 heavy (non-hydrogen) atoms. The lowest BCUT2D eigenvalue weighted by atomic mass is 9.95. The zero-order chi connectivity index (χ0) is 22.1. The zero-order valence-corrected chi connectivity index (χ0v) is 18.2. The van der Waals surface area contributed by atoms with Gasteiger partial charge in [0.05, 0.1) is 49.4 Å². The van der Waals surface area contributed by atoms with Crippen LogP contribution in [0.2, 0.25) is 0 Å². The monoisotopic (exact) mass is 440 g/mol. The van der Waals surface area contributed by atoms with Gasteiger partial charge in [-0.05, 0) is 36.8 Å². The molecule has 1 aromatic carbocycles. The lowest BCUT2D eigenvalue weighted by Crippen LogP contribution is -2.39. The number of hydrogen-bond acceptors (Lipinski definition) is 8. The molecule has 4 rings (SSSR count). The Hall–Kier alpha value is -3.59. The van der Waals surface area contributed by atoms with Gasteiger partial charge < -0.3 is 18.6 Å². The summed E-state index contributed by atoms with van der Waals surface area (Å²) < 4.78 is 23.1. The second-order valence-corrected chi connectivity index (χ2v) is 7.71.